The quantitative estimate of drug-likeness (QED) is 0.643. The van der Waals surface area contributed by atoms with E-state index in [1.165, 1.54) is 0 Å². The Kier molecular flexibility index (Phi) is 7.54. The summed E-state index contributed by atoms with van der Waals surface area (Å²) in [4.78, 5) is 24.7. The van der Waals surface area contributed by atoms with Crippen LogP contribution in [-0.2, 0) is 9.59 Å². The van der Waals surface area contributed by atoms with E-state index < -0.39 is 0 Å². The largest absolute Gasteiger partial charge is 0.358 e. The van der Waals surface area contributed by atoms with Crippen molar-refractivity contribution in [2.24, 2.45) is 11.7 Å². The van der Waals surface area contributed by atoms with Crippen LogP contribution in [0.5, 0.6) is 0 Å². The molecule has 94 valence electrons. The second-order valence-corrected chi connectivity index (χ2v) is 3.86. The Hall–Kier alpha value is -1.10. The van der Waals surface area contributed by atoms with E-state index in [1.807, 2.05) is 13.8 Å². The first-order chi connectivity index (χ1) is 7.56. The first kappa shape index (κ1) is 14.9. The van der Waals surface area contributed by atoms with E-state index in [0.29, 0.717) is 13.1 Å². The summed E-state index contributed by atoms with van der Waals surface area (Å²) in [6, 6.07) is 0. The number of rotatable bonds is 7. The van der Waals surface area contributed by atoms with E-state index in [1.54, 1.807) is 11.9 Å². The van der Waals surface area contributed by atoms with Crippen LogP contribution in [0.25, 0.3) is 0 Å². The van der Waals surface area contributed by atoms with Crippen molar-refractivity contribution in [3.8, 4) is 0 Å². The van der Waals surface area contributed by atoms with Gasteiger partial charge in [-0.05, 0) is 26.3 Å². The lowest BCUT2D eigenvalue weighted by atomic mass is 10.0. The predicted molar refractivity (Wildman–Crippen MR) is 63.8 cm³/mol. The summed E-state index contributed by atoms with van der Waals surface area (Å²) in [6.45, 7) is 5.04. The molecule has 0 heterocycles. The molecule has 0 aliphatic carbocycles. The van der Waals surface area contributed by atoms with Gasteiger partial charge in [0.1, 0.15) is 0 Å². The smallest absolute Gasteiger partial charge is 0.239 e. The zero-order valence-corrected chi connectivity index (χ0v) is 10.5. The molecular weight excluding hydrogens is 206 g/mol. The number of likely N-dealkylation sites (N-methyl/N-ethyl adjacent to an activating group) is 2. The third-order valence-corrected chi connectivity index (χ3v) is 2.57. The molecule has 0 saturated heterocycles. The van der Waals surface area contributed by atoms with Crippen molar-refractivity contribution in [1.29, 1.82) is 0 Å². The Labute approximate surface area is 97.4 Å². The maximum absolute atomic E-state index is 11.9. The second-order valence-electron chi connectivity index (χ2n) is 3.86. The highest BCUT2D eigenvalue weighted by Crippen LogP contribution is 2.09. The molecule has 16 heavy (non-hydrogen) atoms. The molecule has 3 N–H and O–H groups in total. The molecule has 0 aliphatic heterocycles. The summed E-state index contributed by atoms with van der Waals surface area (Å²) >= 11 is 0. The first-order valence-corrected chi connectivity index (χ1v) is 5.76. The van der Waals surface area contributed by atoms with Gasteiger partial charge >= 0.3 is 0 Å². The first-order valence-electron chi connectivity index (χ1n) is 5.76. The van der Waals surface area contributed by atoms with Crippen molar-refractivity contribution in [2.45, 2.75) is 26.7 Å². The van der Waals surface area contributed by atoms with Crippen molar-refractivity contribution in [3.05, 3.63) is 0 Å². The van der Waals surface area contributed by atoms with Crippen LogP contribution in [0.4, 0.5) is 0 Å². The molecular formula is C11H23N3O2. The van der Waals surface area contributed by atoms with Gasteiger partial charge in [0.2, 0.25) is 11.8 Å². The lowest BCUT2D eigenvalue weighted by molar-refractivity contribution is -0.138. The number of nitrogens with two attached hydrogens (primary N) is 1. The average Bonchev–Trinajstić information content (AvgIpc) is 2.31. The zero-order valence-electron chi connectivity index (χ0n) is 10.5. The highest BCUT2D eigenvalue weighted by Gasteiger charge is 2.20. The standard InChI is InChI=1S/C11H23N3O2/c1-4-14(8-10(15)13-3)11(16)9(2)6-5-7-12/h9H,4-8,12H2,1-3H3,(H,13,15). The number of nitrogens with one attached hydrogen (secondary N) is 1. The molecule has 0 aromatic rings. The van der Waals surface area contributed by atoms with Crippen molar-refractivity contribution in [2.75, 3.05) is 26.7 Å². The topological polar surface area (TPSA) is 75.4 Å². The summed E-state index contributed by atoms with van der Waals surface area (Å²) in [7, 11) is 1.57. The third-order valence-electron chi connectivity index (χ3n) is 2.57. The monoisotopic (exact) mass is 229 g/mol. The molecule has 0 aromatic carbocycles. The molecule has 1 atom stereocenters. The molecule has 0 rings (SSSR count). The molecule has 0 radical (unpaired) electrons. The van der Waals surface area contributed by atoms with Gasteiger partial charge in [0.15, 0.2) is 0 Å². The SMILES string of the molecule is CCN(CC(=O)NC)C(=O)C(C)CCCN. The summed E-state index contributed by atoms with van der Waals surface area (Å²) in [5.74, 6) is -0.172. The maximum atomic E-state index is 11.9. The Morgan fingerprint density at radius 3 is 2.50 bits per heavy atom. The Balaban J connectivity index is 4.23. The third kappa shape index (κ3) is 5.11. The molecule has 5 nitrogen and oxygen atoms in total. The van der Waals surface area contributed by atoms with E-state index in [4.69, 9.17) is 5.73 Å². The van der Waals surface area contributed by atoms with Gasteiger partial charge in [-0.1, -0.05) is 6.92 Å². The second kappa shape index (κ2) is 8.10. The van der Waals surface area contributed by atoms with E-state index in [0.717, 1.165) is 12.8 Å². The van der Waals surface area contributed by atoms with Crippen LogP contribution in [0.2, 0.25) is 0 Å². The molecule has 5 heteroatoms. The Morgan fingerprint density at radius 2 is 2.06 bits per heavy atom. The molecule has 0 fully saturated rings. The molecule has 0 bridgehead atoms. The Morgan fingerprint density at radius 1 is 1.44 bits per heavy atom. The minimum Gasteiger partial charge on any atom is -0.358 e. The van der Waals surface area contributed by atoms with Gasteiger partial charge in [-0.15, -0.1) is 0 Å². The van der Waals surface area contributed by atoms with Gasteiger partial charge in [-0.25, -0.2) is 0 Å². The van der Waals surface area contributed by atoms with Gasteiger partial charge in [-0.3, -0.25) is 9.59 Å². The lowest BCUT2D eigenvalue weighted by Gasteiger charge is -2.23. The number of carbonyl (C=O) groups is 2. The van der Waals surface area contributed by atoms with Crippen LogP contribution < -0.4 is 11.1 Å². The van der Waals surface area contributed by atoms with E-state index in [2.05, 4.69) is 5.32 Å². The number of amides is 2. The van der Waals surface area contributed by atoms with Gasteiger partial charge < -0.3 is 16.0 Å². The number of nitrogens with zero attached hydrogens (tertiary/aromatic N) is 1. The molecule has 0 spiro atoms. The van der Waals surface area contributed by atoms with E-state index in [-0.39, 0.29) is 24.3 Å². The predicted octanol–water partition coefficient (Wildman–Crippen LogP) is -0.0441. The highest BCUT2D eigenvalue weighted by molar-refractivity contribution is 5.85. The fourth-order valence-corrected chi connectivity index (χ4v) is 1.46. The maximum Gasteiger partial charge on any atom is 0.239 e. The minimum absolute atomic E-state index is 0.0274. The van der Waals surface area contributed by atoms with Crippen LogP contribution in [0, 0.1) is 5.92 Å². The van der Waals surface area contributed by atoms with Gasteiger partial charge in [0.05, 0.1) is 6.54 Å². The zero-order chi connectivity index (χ0) is 12.6. The summed E-state index contributed by atoms with van der Waals surface area (Å²) < 4.78 is 0. The summed E-state index contributed by atoms with van der Waals surface area (Å²) in [5, 5.41) is 2.51. The van der Waals surface area contributed by atoms with Gasteiger partial charge in [0, 0.05) is 19.5 Å². The fraction of sp³-hybridized carbons (Fsp3) is 0.818. The van der Waals surface area contributed by atoms with Crippen LogP contribution >= 0.6 is 0 Å². The Bertz CT molecular complexity index is 231. The van der Waals surface area contributed by atoms with Crippen LogP contribution in [0.3, 0.4) is 0 Å². The summed E-state index contributed by atoms with van der Waals surface area (Å²) in [6.07, 6.45) is 1.62. The van der Waals surface area contributed by atoms with Crippen LogP contribution in [-0.4, -0.2) is 43.4 Å². The average molecular weight is 229 g/mol. The van der Waals surface area contributed by atoms with Crippen LogP contribution in [0.1, 0.15) is 26.7 Å². The normalized spacial score (nSPS) is 12.0. The van der Waals surface area contributed by atoms with Crippen molar-refractivity contribution < 1.29 is 9.59 Å². The summed E-state index contributed by atoms with van der Waals surface area (Å²) in [5.41, 5.74) is 5.40. The molecule has 1 unspecified atom stereocenters. The van der Waals surface area contributed by atoms with E-state index in [9.17, 15) is 9.59 Å². The van der Waals surface area contributed by atoms with Crippen molar-refractivity contribution in [1.82, 2.24) is 10.2 Å². The number of hydrogen-bond acceptors (Lipinski definition) is 3. The molecule has 0 aliphatic rings. The van der Waals surface area contributed by atoms with E-state index >= 15 is 0 Å². The van der Waals surface area contributed by atoms with Crippen LogP contribution in [0.15, 0.2) is 0 Å². The molecule has 0 saturated carbocycles. The van der Waals surface area contributed by atoms with Crippen molar-refractivity contribution >= 4 is 11.8 Å². The van der Waals surface area contributed by atoms with Gasteiger partial charge in [-0.2, -0.15) is 0 Å². The lowest BCUT2D eigenvalue weighted by Crippen LogP contribution is -2.41. The molecule has 0 aromatic heterocycles. The minimum atomic E-state index is -0.138. The number of carbonyl (C=O) groups excluding carboxylic acids is 2. The van der Waals surface area contributed by atoms with Gasteiger partial charge in [0.25, 0.3) is 0 Å². The highest BCUT2D eigenvalue weighted by atomic mass is 16.2. The van der Waals surface area contributed by atoms with Crippen molar-refractivity contribution in [3.63, 3.8) is 0 Å². The number of hydrogen-bond donors (Lipinski definition) is 2. The molecule has 2 amide bonds. The fourth-order valence-electron chi connectivity index (χ4n) is 1.46.